The van der Waals surface area contributed by atoms with Gasteiger partial charge in [0.15, 0.2) is 5.82 Å². The van der Waals surface area contributed by atoms with Crippen LogP contribution in [0.25, 0.3) is 11.1 Å². The maximum absolute atomic E-state index is 12.8. The quantitative estimate of drug-likeness (QED) is 0.102. The van der Waals surface area contributed by atoms with Gasteiger partial charge in [-0.1, -0.05) is 51.9 Å². The molecule has 4 aromatic rings. The SMILES string of the molecule is CC.CC(C)(C)c1cc(NC=O)no1.CCOC(=O)N=S(C)(=O)c1ccc(Nc2ncc(-c3ccc(NC)cc3)c(N[C@H](C)CO)n2)cc1. The second kappa shape index (κ2) is 19.1. The number of rotatable bonds is 11. The second-order valence-corrected chi connectivity index (χ2v) is 13.6. The molecule has 49 heavy (non-hydrogen) atoms. The van der Waals surface area contributed by atoms with Gasteiger partial charge in [-0.2, -0.15) is 4.98 Å². The molecular weight excluding hydrogens is 648 g/mol. The fourth-order valence-electron chi connectivity index (χ4n) is 3.88. The fourth-order valence-corrected chi connectivity index (χ4v) is 4.96. The molecule has 0 saturated carbocycles. The molecule has 0 aliphatic carbocycles. The van der Waals surface area contributed by atoms with Crippen LogP contribution in [0.1, 0.15) is 54.2 Å². The van der Waals surface area contributed by atoms with Crippen molar-refractivity contribution in [1.82, 2.24) is 15.1 Å². The van der Waals surface area contributed by atoms with Crippen LogP contribution in [0, 0.1) is 0 Å². The van der Waals surface area contributed by atoms with E-state index in [9.17, 15) is 18.9 Å². The van der Waals surface area contributed by atoms with Crippen molar-refractivity contribution in [2.24, 2.45) is 4.36 Å². The van der Waals surface area contributed by atoms with Crippen LogP contribution in [-0.4, -0.2) is 69.5 Å². The van der Waals surface area contributed by atoms with Gasteiger partial charge in [-0.3, -0.25) is 4.79 Å². The molecule has 5 N–H and O–H groups in total. The lowest BCUT2D eigenvalue weighted by atomic mass is 9.93. The van der Waals surface area contributed by atoms with Crippen LogP contribution < -0.4 is 21.3 Å². The lowest BCUT2D eigenvalue weighted by molar-refractivity contribution is -0.105. The topological polar surface area (TPSA) is 193 Å². The van der Waals surface area contributed by atoms with E-state index in [1.165, 1.54) is 6.26 Å². The summed E-state index contributed by atoms with van der Waals surface area (Å²) in [4.78, 5) is 31.1. The summed E-state index contributed by atoms with van der Waals surface area (Å²) in [5.41, 5.74) is 3.29. The summed E-state index contributed by atoms with van der Waals surface area (Å²) in [6.07, 6.45) is 2.82. The third-order valence-electron chi connectivity index (χ3n) is 6.45. The number of amides is 2. The van der Waals surface area contributed by atoms with E-state index in [1.807, 2.05) is 72.9 Å². The zero-order valence-electron chi connectivity index (χ0n) is 29.5. The summed E-state index contributed by atoms with van der Waals surface area (Å²) in [7, 11) is -1.08. The van der Waals surface area contributed by atoms with E-state index < -0.39 is 15.8 Å². The van der Waals surface area contributed by atoms with Crippen molar-refractivity contribution in [2.75, 3.05) is 47.8 Å². The molecule has 0 aliphatic heterocycles. The Kier molecular flexibility index (Phi) is 15.6. The second-order valence-electron chi connectivity index (χ2n) is 11.3. The summed E-state index contributed by atoms with van der Waals surface area (Å²) in [6.45, 7) is 13.7. The van der Waals surface area contributed by atoms with Gasteiger partial charge in [-0.05, 0) is 55.8 Å². The van der Waals surface area contributed by atoms with Crippen molar-refractivity contribution in [1.29, 1.82) is 0 Å². The number of aromatic nitrogens is 3. The molecule has 15 heteroatoms. The molecule has 1 unspecified atom stereocenters. The van der Waals surface area contributed by atoms with Crippen LogP contribution in [0.4, 0.5) is 33.8 Å². The highest BCUT2D eigenvalue weighted by atomic mass is 32.2. The molecule has 2 aromatic carbocycles. The largest absolute Gasteiger partial charge is 0.448 e. The zero-order chi connectivity index (χ0) is 36.6. The number of ether oxygens (including phenoxy) is 1. The van der Waals surface area contributed by atoms with Crippen molar-refractivity contribution >= 4 is 51.2 Å². The summed E-state index contributed by atoms with van der Waals surface area (Å²) < 4.78 is 26.2. The number of hydrogen-bond donors (Lipinski definition) is 5. The number of benzene rings is 2. The van der Waals surface area contributed by atoms with Crippen LogP contribution in [0.5, 0.6) is 0 Å². The van der Waals surface area contributed by atoms with Crippen molar-refractivity contribution in [3.8, 4) is 11.1 Å². The molecule has 0 fully saturated rings. The van der Waals surface area contributed by atoms with E-state index in [0.717, 1.165) is 22.6 Å². The van der Waals surface area contributed by atoms with E-state index in [1.54, 1.807) is 43.5 Å². The first kappa shape index (κ1) is 40.2. The van der Waals surface area contributed by atoms with Crippen molar-refractivity contribution in [3.63, 3.8) is 0 Å². The molecule has 2 heterocycles. The molecule has 2 atom stereocenters. The van der Waals surface area contributed by atoms with Gasteiger partial charge in [0, 0.05) is 58.9 Å². The van der Waals surface area contributed by atoms with E-state index in [4.69, 9.17) is 9.26 Å². The Bertz CT molecular complexity index is 1750. The number of carbonyl (C=O) groups excluding carboxylic acids is 2. The predicted molar refractivity (Wildman–Crippen MR) is 195 cm³/mol. The minimum Gasteiger partial charge on any atom is -0.448 e. The normalized spacial score (nSPS) is 12.4. The smallest absolute Gasteiger partial charge is 0.442 e. The minimum atomic E-state index is -2.93. The molecule has 2 aromatic heterocycles. The summed E-state index contributed by atoms with van der Waals surface area (Å²) in [5.74, 6) is 2.12. The summed E-state index contributed by atoms with van der Waals surface area (Å²) in [5, 5.41) is 25.0. The monoisotopic (exact) mass is 696 g/mol. The Morgan fingerprint density at radius 2 is 1.73 bits per heavy atom. The van der Waals surface area contributed by atoms with E-state index in [0.29, 0.717) is 34.6 Å². The molecule has 0 bridgehead atoms. The highest BCUT2D eigenvalue weighted by Crippen LogP contribution is 2.29. The van der Waals surface area contributed by atoms with Crippen LogP contribution in [-0.2, 0) is 24.7 Å². The van der Waals surface area contributed by atoms with Gasteiger partial charge in [0.1, 0.15) is 11.6 Å². The lowest BCUT2D eigenvalue weighted by Crippen LogP contribution is -2.21. The van der Waals surface area contributed by atoms with E-state index in [2.05, 4.69) is 40.8 Å². The van der Waals surface area contributed by atoms with Gasteiger partial charge in [0.2, 0.25) is 12.4 Å². The first-order chi connectivity index (χ1) is 23.3. The van der Waals surface area contributed by atoms with E-state index in [-0.39, 0.29) is 24.7 Å². The van der Waals surface area contributed by atoms with Gasteiger partial charge in [0.05, 0.1) is 22.9 Å². The minimum absolute atomic E-state index is 0.0560. The Morgan fingerprint density at radius 1 is 1.10 bits per heavy atom. The van der Waals surface area contributed by atoms with Gasteiger partial charge in [-0.25, -0.2) is 14.0 Å². The van der Waals surface area contributed by atoms with Crippen LogP contribution in [0.2, 0.25) is 0 Å². The molecule has 0 spiro atoms. The molecule has 0 saturated heterocycles. The van der Waals surface area contributed by atoms with Crippen LogP contribution in [0.3, 0.4) is 0 Å². The maximum Gasteiger partial charge on any atom is 0.442 e. The Morgan fingerprint density at radius 3 is 2.27 bits per heavy atom. The maximum atomic E-state index is 12.8. The predicted octanol–water partition coefficient (Wildman–Crippen LogP) is 6.90. The zero-order valence-corrected chi connectivity index (χ0v) is 30.3. The van der Waals surface area contributed by atoms with Gasteiger partial charge in [-0.15, -0.1) is 4.36 Å². The third kappa shape index (κ3) is 12.5. The molecular formula is C34H48N8O6S. The van der Waals surface area contributed by atoms with E-state index >= 15 is 0 Å². The first-order valence-electron chi connectivity index (χ1n) is 15.8. The van der Waals surface area contributed by atoms with Crippen molar-refractivity contribution < 1.29 is 28.2 Å². The lowest BCUT2D eigenvalue weighted by Gasteiger charge is -2.17. The number of hydrogen-bond acceptors (Lipinski definition) is 12. The summed E-state index contributed by atoms with van der Waals surface area (Å²) in [6, 6.07) is 16.0. The molecule has 14 nitrogen and oxygen atoms in total. The number of carbonyl (C=O) groups is 2. The number of aliphatic hydroxyl groups is 1. The van der Waals surface area contributed by atoms with Crippen molar-refractivity contribution in [2.45, 2.75) is 64.8 Å². The average molecular weight is 697 g/mol. The number of anilines is 5. The Hall–Kier alpha value is -5.02. The molecule has 2 amide bonds. The summed E-state index contributed by atoms with van der Waals surface area (Å²) >= 11 is 0. The van der Waals surface area contributed by atoms with Crippen LogP contribution >= 0.6 is 0 Å². The molecule has 4 rings (SSSR count). The standard InChI is InChI=1S/C24H30N6O4S.C8H12N2O2.C2H6/c1-5-34-24(32)30-35(4,33)20-12-10-19(11-13-20)28-23-26-14-21(22(29-23)27-16(2)15-31)17-6-8-18(25-3)9-7-17;1-8(2,3)6-4-7(9-5-11)10-12-6;1-2/h6-14,16,25,31H,5,15H2,1-4H3,(H2,26,27,28,29);4-5H,1-3H3,(H,9,10,11);1-2H3/t16-,35?;;/m1../s1. The van der Waals surface area contributed by atoms with Crippen LogP contribution in [0.15, 0.2) is 74.6 Å². The third-order valence-corrected chi connectivity index (χ3v) is 8.10. The number of nitrogens with zero attached hydrogens (tertiary/aromatic N) is 4. The molecule has 0 radical (unpaired) electrons. The Labute approximate surface area is 288 Å². The van der Waals surface area contributed by atoms with Gasteiger partial charge in [0.25, 0.3) is 0 Å². The van der Waals surface area contributed by atoms with Gasteiger partial charge >= 0.3 is 6.09 Å². The first-order valence-corrected chi connectivity index (χ1v) is 17.7. The molecule has 266 valence electrons. The highest BCUT2D eigenvalue weighted by Gasteiger charge is 2.19. The fraction of sp³-hybridized carbons (Fsp3) is 0.382. The number of aliphatic hydroxyl groups excluding tert-OH is 1. The van der Waals surface area contributed by atoms with Gasteiger partial charge < -0.3 is 35.6 Å². The highest BCUT2D eigenvalue weighted by molar-refractivity contribution is 7.93. The Balaban J connectivity index is 0.000000498. The molecule has 0 aliphatic rings. The van der Waals surface area contributed by atoms with Crippen molar-refractivity contribution in [3.05, 3.63) is 66.6 Å². The number of nitrogens with one attached hydrogen (secondary N) is 4. The average Bonchev–Trinajstić information content (AvgIpc) is 3.56.